The van der Waals surface area contributed by atoms with Gasteiger partial charge in [-0.15, -0.1) is 0 Å². The molecule has 0 saturated carbocycles. The van der Waals surface area contributed by atoms with Gasteiger partial charge in [0.1, 0.15) is 0 Å². The molecule has 16 heavy (non-hydrogen) atoms. The van der Waals surface area contributed by atoms with E-state index >= 15 is 0 Å². The van der Waals surface area contributed by atoms with E-state index in [1.54, 1.807) is 0 Å². The third-order valence-electron chi connectivity index (χ3n) is 2.45. The van der Waals surface area contributed by atoms with Crippen molar-refractivity contribution in [1.82, 2.24) is 14.9 Å². The van der Waals surface area contributed by atoms with Crippen molar-refractivity contribution in [3.05, 3.63) is 36.2 Å². The predicted octanol–water partition coefficient (Wildman–Crippen LogP) is 1.46. The largest absolute Gasteiger partial charge is 0.380 e. The van der Waals surface area contributed by atoms with Crippen molar-refractivity contribution in [3.8, 4) is 0 Å². The quantitative estimate of drug-likeness (QED) is 0.747. The van der Waals surface area contributed by atoms with Gasteiger partial charge in [0, 0.05) is 31.5 Å². The van der Waals surface area contributed by atoms with Crippen LogP contribution in [-0.2, 0) is 11.3 Å². The van der Waals surface area contributed by atoms with Crippen molar-refractivity contribution < 1.29 is 4.74 Å². The maximum absolute atomic E-state index is 5.26. The van der Waals surface area contributed by atoms with Crippen LogP contribution in [0.5, 0.6) is 0 Å². The fraction of sp³-hybridized carbons (Fsp3) is 0.417. The van der Waals surface area contributed by atoms with E-state index in [0.29, 0.717) is 0 Å². The molecule has 0 spiro atoms. The average Bonchev–Trinajstić information content (AvgIpc) is 2.73. The van der Waals surface area contributed by atoms with Gasteiger partial charge in [-0.3, -0.25) is 0 Å². The molecule has 2 aromatic rings. The van der Waals surface area contributed by atoms with E-state index in [4.69, 9.17) is 4.74 Å². The van der Waals surface area contributed by atoms with Crippen LogP contribution >= 0.6 is 0 Å². The van der Waals surface area contributed by atoms with Gasteiger partial charge in [0.25, 0.3) is 0 Å². The van der Waals surface area contributed by atoms with Crippen molar-refractivity contribution in [2.24, 2.45) is 0 Å². The number of pyridine rings is 1. The smallest absolute Gasteiger partial charge is 0.0706 e. The molecule has 86 valence electrons. The minimum Gasteiger partial charge on any atom is -0.380 e. The van der Waals surface area contributed by atoms with E-state index in [-0.39, 0.29) is 0 Å². The van der Waals surface area contributed by atoms with Gasteiger partial charge in [-0.05, 0) is 19.1 Å². The second kappa shape index (κ2) is 5.63. The van der Waals surface area contributed by atoms with Crippen LogP contribution in [0.4, 0.5) is 0 Å². The molecule has 4 nitrogen and oxygen atoms in total. The summed E-state index contributed by atoms with van der Waals surface area (Å²) in [6, 6.07) is 6.08. The van der Waals surface area contributed by atoms with Crippen molar-refractivity contribution in [2.45, 2.75) is 13.5 Å². The molecule has 2 aromatic heterocycles. The minimum absolute atomic E-state index is 0.760. The predicted molar refractivity (Wildman–Crippen MR) is 63.4 cm³/mol. The molecule has 0 aliphatic carbocycles. The molecule has 0 aliphatic rings. The molecular formula is C12H17N3O. The lowest BCUT2D eigenvalue weighted by atomic mass is 10.2. The molecule has 0 aromatic carbocycles. The Labute approximate surface area is 95.2 Å². The topological polar surface area (TPSA) is 38.6 Å². The SMILES string of the molecule is CCOCCNCc1cnn2ccccc12. The highest BCUT2D eigenvalue weighted by Gasteiger charge is 2.01. The van der Waals surface area contributed by atoms with Crippen LogP contribution in [0.3, 0.4) is 0 Å². The fourth-order valence-corrected chi connectivity index (χ4v) is 1.64. The van der Waals surface area contributed by atoms with E-state index in [9.17, 15) is 0 Å². The lowest BCUT2D eigenvalue weighted by Gasteiger charge is -2.03. The molecule has 0 unspecified atom stereocenters. The Morgan fingerprint density at radius 2 is 2.38 bits per heavy atom. The summed E-state index contributed by atoms with van der Waals surface area (Å²) in [5.74, 6) is 0. The first-order chi connectivity index (χ1) is 7.92. The molecule has 2 rings (SSSR count). The summed E-state index contributed by atoms with van der Waals surface area (Å²) in [7, 11) is 0. The lowest BCUT2D eigenvalue weighted by molar-refractivity contribution is 0.149. The van der Waals surface area contributed by atoms with Gasteiger partial charge in [-0.25, -0.2) is 4.52 Å². The highest BCUT2D eigenvalue weighted by Crippen LogP contribution is 2.08. The van der Waals surface area contributed by atoms with E-state index in [1.165, 1.54) is 5.56 Å². The maximum Gasteiger partial charge on any atom is 0.0706 e. The summed E-state index contributed by atoms with van der Waals surface area (Å²) in [5, 5.41) is 7.62. The molecule has 0 fully saturated rings. The van der Waals surface area contributed by atoms with E-state index in [1.807, 2.05) is 36.0 Å². The fourth-order valence-electron chi connectivity index (χ4n) is 1.64. The van der Waals surface area contributed by atoms with Crippen LogP contribution in [0.2, 0.25) is 0 Å². The first-order valence-corrected chi connectivity index (χ1v) is 5.61. The summed E-state index contributed by atoms with van der Waals surface area (Å²) in [4.78, 5) is 0. The Hall–Kier alpha value is -1.39. The molecule has 0 aliphatic heterocycles. The third kappa shape index (κ3) is 2.59. The Kier molecular flexibility index (Phi) is 3.91. The first kappa shape index (κ1) is 11.1. The third-order valence-corrected chi connectivity index (χ3v) is 2.45. The molecule has 0 saturated heterocycles. The van der Waals surface area contributed by atoms with Crippen LogP contribution in [0.1, 0.15) is 12.5 Å². The van der Waals surface area contributed by atoms with E-state index in [2.05, 4.69) is 16.5 Å². The number of aromatic nitrogens is 2. The zero-order chi connectivity index (χ0) is 11.2. The number of ether oxygens (including phenoxy) is 1. The van der Waals surface area contributed by atoms with E-state index < -0.39 is 0 Å². The Balaban J connectivity index is 1.89. The van der Waals surface area contributed by atoms with Crippen molar-refractivity contribution >= 4 is 5.52 Å². The lowest BCUT2D eigenvalue weighted by Crippen LogP contribution is -2.19. The summed E-state index contributed by atoms with van der Waals surface area (Å²) < 4.78 is 7.15. The standard InChI is InChI=1S/C12H17N3O/c1-2-16-8-6-13-9-11-10-14-15-7-4-3-5-12(11)15/h3-5,7,10,13H,2,6,8-9H2,1H3. The molecule has 1 N–H and O–H groups in total. The van der Waals surface area contributed by atoms with Gasteiger partial charge in [-0.1, -0.05) is 6.07 Å². The van der Waals surface area contributed by atoms with Crippen molar-refractivity contribution in [1.29, 1.82) is 0 Å². The highest BCUT2D eigenvalue weighted by molar-refractivity contribution is 5.53. The summed E-state index contributed by atoms with van der Waals surface area (Å²) in [5.41, 5.74) is 2.38. The maximum atomic E-state index is 5.26. The van der Waals surface area contributed by atoms with Gasteiger partial charge >= 0.3 is 0 Å². The van der Waals surface area contributed by atoms with Gasteiger partial charge in [0.2, 0.25) is 0 Å². The van der Waals surface area contributed by atoms with Gasteiger partial charge in [-0.2, -0.15) is 5.10 Å². The Morgan fingerprint density at radius 1 is 1.44 bits per heavy atom. The molecule has 2 heterocycles. The molecular weight excluding hydrogens is 202 g/mol. The number of hydrogen-bond acceptors (Lipinski definition) is 3. The van der Waals surface area contributed by atoms with Gasteiger partial charge < -0.3 is 10.1 Å². The van der Waals surface area contributed by atoms with E-state index in [0.717, 1.165) is 31.8 Å². The van der Waals surface area contributed by atoms with Gasteiger partial charge in [0.15, 0.2) is 0 Å². The van der Waals surface area contributed by atoms with Crippen LogP contribution in [0, 0.1) is 0 Å². The average molecular weight is 219 g/mol. The summed E-state index contributed by atoms with van der Waals surface area (Å²) >= 11 is 0. The summed E-state index contributed by atoms with van der Waals surface area (Å²) in [6.07, 6.45) is 3.86. The molecule has 0 amide bonds. The van der Waals surface area contributed by atoms with Crippen molar-refractivity contribution in [2.75, 3.05) is 19.8 Å². The number of rotatable bonds is 6. The molecule has 0 bridgehead atoms. The number of nitrogens with zero attached hydrogens (tertiary/aromatic N) is 2. The Morgan fingerprint density at radius 3 is 3.25 bits per heavy atom. The second-order valence-electron chi connectivity index (χ2n) is 3.57. The zero-order valence-electron chi connectivity index (χ0n) is 9.52. The number of fused-ring (bicyclic) bond motifs is 1. The normalized spacial score (nSPS) is 11.1. The second-order valence-corrected chi connectivity index (χ2v) is 3.57. The molecule has 0 atom stereocenters. The molecule has 0 radical (unpaired) electrons. The minimum atomic E-state index is 0.760. The van der Waals surface area contributed by atoms with Crippen LogP contribution < -0.4 is 5.32 Å². The van der Waals surface area contributed by atoms with Gasteiger partial charge in [0.05, 0.1) is 18.3 Å². The van der Waals surface area contributed by atoms with Crippen LogP contribution in [0.25, 0.3) is 5.52 Å². The number of nitrogens with one attached hydrogen (secondary N) is 1. The molecule has 4 heteroatoms. The monoisotopic (exact) mass is 219 g/mol. The Bertz CT molecular complexity index is 439. The van der Waals surface area contributed by atoms with Crippen LogP contribution in [-0.4, -0.2) is 29.4 Å². The first-order valence-electron chi connectivity index (χ1n) is 5.61. The highest BCUT2D eigenvalue weighted by atomic mass is 16.5. The summed E-state index contributed by atoms with van der Waals surface area (Å²) in [6.45, 7) is 5.25. The van der Waals surface area contributed by atoms with Crippen LogP contribution in [0.15, 0.2) is 30.6 Å². The number of hydrogen-bond donors (Lipinski definition) is 1. The zero-order valence-corrected chi connectivity index (χ0v) is 9.52. The van der Waals surface area contributed by atoms with Crippen molar-refractivity contribution in [3.63, 3.8) is 0 Å².